The number of methoxy groups -OCH3 is 1. The highest BCUT2D eigenvalue weighted by molar-refractivity contribution is 6.02. The Morgan fingerprint density at radius 3 is 2.62 bits per heavy atom. The molecule has 0 radical (unpaired) electrons. The van der Waals surface area contributed by atoms with Gasteiger partial charge in [-0.3, -0.25) is 14.2 Å². The molecule has 4 heterocycles. The molecule has 1 aliphatic heterocycles. The van der Waals surface area contributed by atoms with Gasteiger partial charge in [-0.25, -0.2) is 9.97 Å². The fraction of sp³-hybridized carbons (Fsp3) is 0.346. The SMILES string of the molecule is CCC(=O)c1cnc(Nc2ccn(CC3CN(C)C3)n2)cc1Nc1cccc(-c2ncn(C)n2)c1OC. The zero-order valence-electron chi connectivity index (χ0n) is 21.5. The van der Waals surface area contributed by atoms with Crippen LogP contribution in [-0.2, 0) is 13.6 Å². The summed E-state index contributed by atoms with van der Waals surface area (Å²) in [4.78, 5) is 23.9. The Balaban J connectivity index is 1.41. The van der Waals surface area contributed by atoms with Crippen molar-refractivity contribution in [3.8, 4) is 17.1 Å². The normalized spacial score (nSPS) is 13.8. The number of aryl methyl sites for hydroxylation is 1. The number of pyridine rings is 1. The molecule has 3 aromatic heterocycles. The summed E-state index contributed by atoms with van der Waals surface area (Å²) in [6, 6.07) is 9.42. The Morgan fingerprint density at radius 1 is 1.08 bits per heavy atom. The van der Waals surface area contributed by atoms with E-state index in [1.807, 2.05) is 55.2 Å². The number of anilines is 4. The van der Waals surface area contributed by atoms with Gasteiger partial charge in [-0.1, -0.05) is 13.0 Å². The van der Waals surface area contributed by atoms with Crippen LogP contribution in [0.5, 0.6) is 5.75 Å². The molecule has 0 unspecified atom stereocenters. The summed E-state index contributed by atoms with van der Waals surface area (Å²) in [5.74, 6) is 3.01. The van der Waals surface area contributed by atoms with Gasteiger partial charge in [0, 0.05) is 63.5 Å². The van der Waals surface area contributed by atoms with Crippen LogP contribution in [0.15, 0.2) is 49.1 Å². The zero-order chi connectivity index (χ0) is 25.9. The number of ether oxygens (including phenoxy) is 1. The molecule has 5 rings (SSSR count). The van der Waals surface area contributed by atoms with Crippen molar-refractivity contribution in [1.82, 2.24) is 34.4 Å². The molecule has 2 N–H and O–H groups in total. The molecular weight excluding hydrogens is 470 g/mol. The van der Waals surface area contributed by atoms with Crippen LogP contribution in [-0.4, -0.2) is 67.5 Å². The van der Waals surface area contributed by atoms with Crippen molar-refractivity contribution in [2.45, 2.75) is 19.9 Å². The summed E-state index contributed by atoms with van der Waals surface area (Å²) >= 11 is 0. The highest BCUT2D eigenvalue weighted by Gasteiger charge is 2.23. The van der Waals surface area contributed by atoms with Gasteiger partial charge in [-0.15, -0.1) is 0 Å². The third-order valence-corrected chi connectivity index (χ3v) is 6.34. The standard InChI is InChI=1S/C26H31N9O2/c1-5-22(36)19-12-27-24(30-23-9-10-35(31-23)15-17-13-33(2)14-17)11-21(19)29-20-8-6-7-18(25(20)37-4)26-28-16-34(3)32-26/h6-12,16-17H,5,13-15H2,1-4H3,(H2,27,29,30,31). The third-order valence-electron chi connectivity index (χ3n) is 6.34. The number of nitrogens with one attached hydrogen (secondary N) is 2. The van der Waals surface area contributed by atoms with Crippen LogP contribution in [0, 0.1) is 5.92 Å². The number of ketones is 1. The molecule has 0 atom stereocenters. The van der Waals surface area contributed by atoms with Gasteiger partial charge >= 0.3 is 0 Å². The van der Waals surface area contributed by atoms with Gasteiger partial charge in [0.25, 0.3) is 0 Å². The first-order chi connectivity index (χ1) is 17.9. The number of likely N-dealkylation sites (tertiary alicyclic amines) is 1. The third kappa shape index (κ3) is 5.31. The lowest BCUT2D eigenvalue weighted by atomic mass is 10.0. The smallest absolute Gasteiger partial charge is 0.184 e. The van der Waals surface area contributed by atoms with Gasteiger partial charge in [-0.2, -0.15) is 10.2 Å². The lowest BCUT2D eigenvalue weighted by molar-refractivity contribution is 0.0988. The van der Waals surface area contributed by atoms with E-state index in [2.05, 4.69) is 42.7 Å². The lowest BCUT2D eigenvalue weighted by Crippen LogP contribution is -2.45. The quantitative estimate of drug-likeness (QED) is 0.314. The molecule has 0 aliphatic carbocycles. The average molecular weight is 502 g/mol. The minimum absolute atomic E-state index is 0.0159. The molecule has 0 saturated carbocycles. The fourth-order valence-corrected chi connectivity index (χ4v) is 4.55. The van der Waals surface area contributed by atoms with Crippen molar-refractivity contribution in [1.29, 1.82) is 0 Å². The van der Waals surface area contributed by atoms with Crippen molar-refractivity contribution in [2.24, 2.45) is 13.0 Å². The van der Waals surface area contributed by atoms with Crippen LogP contribution >= 0.6 is 0 Å². The number of carbonyl (C=O) groups is 1. The maximum Gasteiger partial charge on any atom is 0.184 e. The molecule has 11 nitrogen and oxygen atoms in total. The van der Waals surface area contributed by atoms with Gasteiger partial charge in [0.1, 0.15) is 12.1 Å². The predicted molar refractivity (Wildman–Crippen MR) is 142 cm³/mol. The summed E-state index contributed by atoms with van der Waals surface area (Å²) in [5, 5.41) is 15.7. The van der Waals surface area contributed by atoms with Crippen molar-refractivity contribution in [2.75, 3.05) is 37.9 Å². The van der Waals surface area contributed by atoms with E-state index >= 15 is 0 Å². The number of nitrogens with zero attached hydrogens (tertiary/aromatic N) is 7. The number of rotatable bonds is 10. The highest BCUT2D eigenvalue weighted by Crippen LogP contribution is 2.37. The Morgan fingerprint density at radius 2 is 1.92 bits per heavy atom. The van der Waals surface area contributed by atoms with Gasteiger partial charge < -0.3 is 20.3 Å². The average Bonchev–Trinajstić information content (AvgIpc) is 3.51. The second kappa shape index (κ2) is 10.4. The van der Waals surface area contributed by atoms with Crippen LogP contribution in [0.25, 0.3) is 11.4 Å². The predicted octanol–water partition coefficient (Wildman–Crippen LogP) is 3.72. The number of benzene rings is 1. The molecule has 4 aromatic rings. The molecule has 0 amide bonds. The fourth-order valence-electron chi connectivity index (χ4n) is 4.55. The molecule has 37 heavy (non-hydrogen) atoms. The van der Waals surface area contributed by atoms with Crippen LogP contribution in [0.3, 0.4) is 0 Å². The molecule has 1 saturated heterocycles. The number of hydrogen-bond acceptors (Lipinski definition) is 9. The van der Waals surface area contributed by atoms with Gasteiger partial charge in [-0.05, 0) is 19.2 Å². The number of para-hydroxylation sites is 1. The van der Waals surface area contributed by atoms with E-state index in [0.717, 1.165) is 25.2 Å². The summed E-state index contributed by atoms with van der Waals surface area (Å²) < 4.78 is 9.33. The van der Waals surface area contributed by atoms with Gasteiger partial charge in [0.15, 0.2) is 23.2 Å². The molecule has 192 valence electrons. The summed E-state index contributed by atoms with van der Waals surface area (Å²) in [5.41, 5.74) is 2.54. The molecular formula is C26H31N9O2. The molecule has 1 fully saturated rings. The highest BCUT2D eigenvalue weighted by atomic mass is 16.5. The minimum atomic E-state index is -0.0159. The van der Waals surface area contributed by atoms with Crippen molar-refractivity contribution in [3.63, 3.8) is 0 Å². The number of hydrogen-bond donors (Lipinski definition) is 2. The van der Waals surface area contributed by atoms with Crippen molar-refractivity contribution in [3.05, 3.63) is 54.6 Å². The van der Waals surface area contributed by atoms with Crippen molar-refractivity contribution >= 4 is 28.8 Å². The molecule has 11 heteroatoms. The monoisotopic (exact) mass is 501 g/mol. The molecule has 1 aromatic carbocycles. The number of Topliss-reactive ketones (excluding diaryl/α,β-unsaturated/α-hetero) is 1. The van der Waals surface area contributed by atoms with E-state index < -0.39 is 0 Å². The molecule has 1 aliphatic rings. The van der Waals surface area contributed by atoms with Gasteiger partial charge in [0.2, 0.25) is 0 Å². The zero-order valence-corrected chi connectivity index (χ0v) is 21.5. The first-order valence-electron chi connectivity index (χ1n) is 12.3. The lowest BCUT2D eigenvalue weighted by Gasteiger charge is -2.35. The van der Waals surface area contributed by atoms with E-state index in [1.165, 1.54) is 0 Å². The van der Waals surface area contributed by atoms with Crippen LogP contribution in [0.4, 0.5) is 23.0 Å². The largest absolute Gasteiger partial charge is 0.494 e. The van der Waals surface area contributed by atoms with E-state index in [4.69, 9.17) is 4.74 Å². The first kappa shape index (κ1) is 24.4. The second-order valence-electron chi connectivity index (χ2n) is 9.28. The maximum atomic E-state index is 12.7. The molecule has 0 bridgehead atoms. The molecule has 0 spiro atoms. The first-order valence-corrected chi connectivity index (χ1v) is 12.3. The minimum Gasteiger partial charge on any atom is -0.494 e. The van der Waals surface area contributed by atoms with Crippen LogP contribution in [0.1, 0.15) is 23.7 Å². The van der Waals surface area contributed by atoms with Crippen LogP contribution < -0.4 is 15.4 Å². The topological polar surface area (TPSA) is 115 Å². The summed E-state index contributed by atoms with van der Waals surface area (Å²) in [6.07, 6.45) is 5.56. The van der Waals surface area contributed by atoms with E-state index in [1.54, 1.807) is 24.3 Å². The second-order valence-corrected chi connectivity index (χ2v) is 9.28. The maximum absolute atomic E-state index is 12.7. The van der Waals surface area contributed by atoms with E-state index in [9.17, 15) is 4.79 Å². The van der Waals surface area contributed by atoms with E-state index in [-0.39, 0.29) is 5.78 Å². The number of carbonyl (C=O) groups excluding carboxylic acids is 1. The summed E-state index contributed by atoms with van der Waals surface area (Å²) in [7, 11) is 5.54. The van der Waals surface area contributed by atoms with Gasteiger partial charge in [0.05, 0.1) is 29.6 Å². The summed E-state index contributed by atoms with van der Waals surface area (Å²) in [6.45, 7) is 4.90. The Hall–Kier alpha value is -4.25. The Bertz CT molecular complexity index is 1400. The number of aromatic nitrogens is 6. The Labute approximate surface area is 215 Å². The Kier molecular flexibility index (Phi) is 6.87. The van der Waals surface area contributed by atoms with E-state index in [0.29, 0.717) is 52.5 Å². The van der Waals surface area contributed by atoms with Crippen molar-refractivity contribution < 1.29 is 9.53 Å². The van der Waals surface area contributed by atoms with Crippen LogP contribution in [0.2, 0.25) is 0 Å².